The summed E-state index contributed by atoms with van der Waals surface area (Å²) in [6.07, 6.45) is 5.06. The van der Waals surface area contributed by atoms with E-state index < -0.39 is 8.32 Å². The molecule has 3 rings (SSSR count). The zero-order valence-electron chi connectivity index (χ0n) is 24.8. The van der Waals surface area contributed by atoms with Crippen molar-refractivity contribution in [3.05, 3.63) is 66.2 Å². The van der Waals surface area contributed by atoms with Crippen LogP contribution in [0.15, 0.2) is 43.5 Å². The van der Waals surface area contributed by atoms with Gasteiger partial charge in [-0.1, -0.05) is 51.1 Å². The first-order valence-electron chi connectivity index (χ1n) is 13.8. The molecule has 1 aromatic carbocycles. The number of esters is 1. The second-order valence-corrected chi connectivity index (χ2v) is 16.1. The molecule has 2 heterocycles. The molecule has 0 aliphatic heterocycles. The lowest BCUT2D eigenvalue weighted by molar-refractivity contribution is 0.0513. The van der Waals surface area contributed by atoms with Gasteiger partial charge in [-0.2, -0.15) is 5.10 Å². The molecule has 2 aromatic heterocycles. The molecular weight excluding hydrogens is 506 g/mol. The second kappa shape index (κ2) is 12.9. The van der Waals surface area contributed by atoms with E-state index in [9.17, 15) is 4.79 Å². The fourth-order valence-corrected chi connectivity index (χ4v) is 5.75. The van der Waals surface area contributed by atoms with Crippen LogP contribution < -0.4 is 0 Å². The Bertz CT molecular complexity index is 1310. The number of carbonyl (C=O) groups excluding carboxylic acids is 1. The fourth-order valence-electron chi connectivity index (χ4n) is 4.66. The SMILES string of the molecule is C=CCOCc1[nH]nc(C)c1-c1cccc2c(CCCO[Si](C)(C)C(C)(C)C)c(C(=O)OCC)n(CC=C)c12. The summed E-state index contributed by atoms with van der Waals surface area (Å²) in [5.74, 6) is -0.319. The Morgan fingerprint density at radius 2 is 1.95 bits per heavy atom. The van der Waals surface area contributed by atoms with Gasteiger partial charge in [0.15, 0.2) is 8.32 Å². The maximum Gasteiger partial charge on any atom is 0.355 e. The van der Waals surface area contributed by atoms with E-state index in [2.05, 4.69) is 69.4 Å². The number of hydrogen-bond acceptors (Lipinski definition) is 5. The number of allylic oxidation sites excluding steroid dienone is 1. The lowest BCUT2D eigenvalue weighted by Crippen LogP contribution is -2.41. The molecule has 0 radical (unpaired) electrons. The zero-order chi connectivity index (χ0) is 28.8. The summed E-state index contributed by atoms with van der Waals surface area (Å²) >= 11 is 0. The molecule has 3 aromatic rings. The van der Waals surface area contributed by atoms with Gasteiger partial charge in [0.05, 0.1) is 36.7 Å². The maximum atomic E-state index is 13.4. The van der Waals surface area contributed by atoms with Crippen molar-refractivity contribution in [2.45, 2.75) is 78.7 Å². The van der Waals surface area contributed by atoms with Gasteiger partial charge in [0, 0.05) is 29.7 Å². The number of benzene rings is 1. The van der Waals surface area contributed by atoms with Gasteiger partial charge in [-0.05, 0) is 50.4 Å². The van der Waals surface area contributed by atoms with E-state index in [-0.39, 0.29) is 11.0 Å². The summed E-state index contributed by atoms with van der Waals surface area (Å²) in [6.45, 7) is 25.1. The highest BCUT2D eigenvalue weighted by Gasteiger charge is 2.37. The van der Waals surface area contributed by atoms with Crippen molar-refractivity contribution in [2.24, 2.45) is 0 Å². The Balaban J connectivity index is 2.14. The fraction of sp³-hybridized carbons (Fsp3) is 0.484. The van der Waals surface area contributed by atoms with Gasteiger partial charge in [0.2, 0.25) is 0 Å². The number of H-pyrrole nitrogens is 1. The van der Waals surface area contributed by atoms with Crippen LogP contribution in [-0.2, 0) is 33.5 Å². The first kappa shape index (κ1) is 30.6. The molecule has 212 valence electrons. The Morgan fingerprint density at radius 3 is 2.59 bits per heavy atom. The number of rotatable bonds is 14. The molecule has 0 saturated heterocycles. The summed E-state index contributed by atoms with van der Waals surface area (Å²) < 4.78 is 19.8. The lowest BCUT2D eigenvalue weighted by atomic mass is 9.98. The highest BCUT2D eigenvalue weighted by molar-refractivity contribution is 6.74. The molecular formula is C31H45N3O4Si. The maximum absolute atomic E-state index is 13.4. The topological polar surface area (TPSA) is 78.4 Å². The van der Waals surface area contributed by atoms with Crippen molar-refractivity contribution in [1.82, 2.24) is 14.8 Å². The number of carbonyl (C=O) groups is 1. The van der Waals surface area contributed by atoms with Gasteiger partial charge in [-0.25, -0.2) is 4.79 Å². The third-order valence-corrected chi connectivity index (χ3v) is 12.1. The van der Waals surface area contributed by atoms with E-state index in [0.29, 0.717) is 45.1 Å². The normalized spacial score (nSPS) is 12.2. The van der Waals surface area contributed by atoms with Gasteiger partial charge < -0.3 is 18.5 Å². The van der Waals surface area contributed by atoms with Crippen molar-refractivity contribution in [3.63, 3.8) is 0 Å². The van der Waals surface area contributed by atoms with Crippen LogP contribution in [0.5, 0.6) is 0 Å². The average molecular weight is 552 g/mol. The molecule has 1 N–H and O–H groups in total. The number of para-hydroxylation sites is 1. The molecule has 0 spiro atoms. The Kier molecular flexibility index (Phi) is 10.2. The summed E-state index contributed by atoms with van der Waals surface area (Å²) in [4.78, 5) is 13.4. The Labute approximate surface area is 234 Å². The van der Waals surface area contributed by atoms with Crippen LogP contribution in [0.2, 0.25) is 18.1 Å². The quantitative estimate of drug-likeness (QED) is 0.0980. The van der Waals surface area contributed by atoms with Gasteiger partial charge in [-0.15, -0.1) is 13.2 Å². The molecule has 0 atom stereocenters. The largest absolute Gasteiger partial charge is 0.461 e. The van der Waals surface area contributed by atoms with Gasteiger partial charge in [-0.3, -0.25) is 5.10 Å². The number of nitrogens with one attached hydrogen (secondary N) is 1. The average Bonchev–Trinajstić information content (AvgIpc) is 3.39. The van der Waals surface area contributed by atoms with E-state index in [1.165, 1.54) is 0 Å². The van der Waals surface area contributed by atoms with E-state index in [1.807, 2.05) is 30.6 Å². The molecule has 0 fully saturated rings. The predicted octanol–water partition coefficient (Wildman–Crippen LogP) is 7.36. The molecule has 0 aliphatic carbocycles. The number of aromatic amines is 1. The number of aromatic nitrogens is 3. The van der Waals surface area contributed by atoms with Gasteiger partial charge in [0.1, 0.15) is 5.69 Å². The van der Waals surface area contributed by atoms with Crippen molar-refractivity contribution in [1.29, 1.82) is 0 Å². The van der Waals surface area contributed by atoms with Crippen molar-refractivity contribution in [2.75, 3.05) is 19.8 Å². The summed E-state index contributed by atoms with van der Waals surface area (Å²) in [7, 11) is -1.86. The van der Waals surface area contributed by atoms with Crippen molar-refractivity contribution < 1.29 is 18.7 Å². The lowest BCUT2D eigenvalue weighted by Gasteiger charge is -2.36. The molecule has 8 heteroatoms. The van der Waals surface area contributed by atoms with Gasteiger partial charge in [0.25, 0.3) is 0 Å². The van der Waals surface area contributed by atoms with Crippen LogP contribution in [0, 0.1) is 6.92 Å². The predicted molar refractivity (Wildman–Crippen MR) is 162 cm³/mol. The number of fused-ring (bicyclic) bond motifs is 1. The minimum absolute atomic E-state index is 0.146. The van der Waals surface area contributed by atoms with Crippen LogP contribution in [0.1, 0.15) is 61.6 Å². The second-order valence-electron chi connectivity index (χ2n) is 11.3. The minimum atomic E-state index is -1.86. The third kappa shape index (κ3) is 6.62. The standard InChI is InChI=1S/C31H45N3O4Si/c1-10-18-34-28-23(15-13-16-25(28)27-22(4)32-33-26(27)21-36-19-11-2)24(29(34)30(35)37-12-3)17-14-20-38-39(8,9)31(5,6)7/h10-11,13,15-16H,1-2,12,14,17-21H2,3-9H3,(H,32,33). The number of hydrogen-bond donors (Lipinski definition) is 1. The minimum Gasteiger partial charge on any atom is -0.461 e. The number of nitrogens with zero attached hydrogens (tertiary/aromatic N) is 2. The first-order valence-corrected chi connectivity index (χ1v) is 16.7. The number of ether oxygens (including phenoxy) is 2. The molecule has 0 amide bonds. The number of aryl methyl sites for hydroxylation is 2. The van der Waals surface area contributed by atoms with E-state index in [0.717, 1.165) is 45.4 Å². The van der Waals surface area contributed by atoms with Crippen molar-refractivity contribution >= 4 is 25.2 Å². The molecule has 0 saturated carbocycles. The van der Waals surface area contributed by atoms with Crippen LogP contribution in [0.3, 0.4) is 0 Å². The van der Waals surface area contributed by atoms with E-state index in [1.54, 1.807) is 6.08 Å². The summed E-state index contributed by atoms with van der Waals surface area (Å²) in [6, 6.07) is 6.21. The van der Waals surface area contributed by atoms with Crippen LogP contribution in [-0.4, -0.2) is 48.9 Å². The molecule has 39 heavy (non-hydrogen) atoms. The summed E-state index contributed by atoms with van der Waals surface area (Å²) in [5, 5.41) is 8.80. The third-order valence-electron chi connectivity index (χ3n) is 7.58. The monoisotopic (exact) mass is 551 g/mol. The van der Waals surface area contributed by atoms with Crippen LogP contribution in [0.4, 0.5) is 0 Å². The summed E-state index contributed by atoms with van der Waals surface area (Å²) in [5.41, 5.74) is 6.26. The Morgan fingerprint density at radius 1 is 1.21 bits per heavy atom. The smallest absolute Gasteiger partial charge is 0.355 e. The molecule has 7 nitrogen and oxygen atoms in total. The van der Waals surface area contributed by atoms with Crippen LogP contribution >= 0.6 is 0 Å². The Hall–Kier alpha value is -2.94. The molecule has 0 unspecified atom stereocenters. The molecule has 0 bridgehead atoms. The van der Waals surface area contributed by atoms with E-state index >= 15 is 0 Å². The molecule has 0 aliphatic rings. The van der Waals surface area contributed by atoms with Crippen molar-refractivity contribution in [3.8, 4) is 11.1 Å². The van der Waals surface area contributed by atoms with Gasteiger partial charge >= 0.3 is 5.97 Å². The highest BCUT2D eigenvalue weighted by Crippen LogP contribution is 2.39. The zero-order valence-corrected chi connectivity index (χ0v) is 25.8. The van der Waals surface area contributed by atoms with Crippen LogP contribution in [0.25, 0.3) is 22.0 Å². The van der Waals surface area contributed by atoms with E-state index in [4.69, 9.17) is 13.9 Å². The highest BCUT2D eigenvalue weighted by atomic mass is 28.4. The first-order chi connectivity index (χ1) is 18.5.